The van der Waals surface area contributed by atoms with Crippen molar-refractivity contribution in [2.75, 3.05) is 0 Å². The maximum absolute atomic E-state index is 11.1. The lowest BCUT2D eigenvalue weighted by atomic mass is 10.0. The number of hydrogen-bond acceptors (Lipinski definition) is 2. The fourth-order valence-electron chi connectivity index (χ4n) is 1.75. The van der Waals surface area contributed by atoms with Gasteiger partial charge >= 0.3 is 5.97 Å². The number of benzene rings is 1. The molecular weight excluding hydrogens is 188 g/mol. The number of aryl methyl sites for hydroxylation is 1. The van der Waals surface area contributed by atoms with Crippen LogP contribution in [0.2, 0.25) is 0 Å². The normalized spacial score (nSPS) is 19.2. The minimum Gasteiger partial charge on any atom is -0.434 e. The van der Waals surface area contributed by atoms with E-state index in [1.165, 1.54) is 11.8 Å². The summed E-state index contributed by atoms with van der Waals surface area (Å²) in [6.07, 6.45) is 6.26. The van der Waals surface area contributed by atoms with Gasteiger partial charge in [-0.1, -0.05) is 30.3 Å². The van der Waals surface area contributed by atoms with E-state index in [1.54, 1.807) is 0 Å². The van der Waals surface area contributed by atoms with Crippen molar-refractivity contribution in [1.29, 1.82) is 0 Å². The summed E-state index contributed by atoms with van der Waals surface area (Å²) in [5.41, 5.74) is 1.33. The van der Waals surface area contributed by atoms with Crippen molar-refractivity contribution in [3.05, 3.63) is 48.2 Å². The summed E-state index contributed by atoms with van der Waals surface area (Å²) in [4.78, 5) is 11.1. The molecule has 2 heteroatoms. The van der Waals surface area contributed by atoms with Crippen LogP contribution in [0.25, 0.3) is 0 Å². The molecule has 15 heavy (non-hydrogen) atoms. The number of carbonyl (C=O) groups excluding carboxylic acids is 1. The molecule has 0 fully saturated rings. The van der Waals surface area contributed by atoms with Crippen LogP contribution in [0.1, 0.15) is 18.4 Å². The quantitative estimate of drug-likeness (QED) is 0.702. The Hall–Kier alpha value is -1.57. The first-order valence-electron chi connectivity index (χ1n) is 5.27. The van der Waals surface area contributed by atoms with E-state index in [2.05, 4.69) is 12.1 Å². The van der Waals surface area contributed by atoms with Crippen molar-refractivity contribution < 1.29 is 9.53 Å². The van der Waals surface area contributed by atoms with Gasteiger partial charge < -0.3 is 4.74 Å². The summed E-state index contributed by atoms with van der Waals surface area (Å²) in [6, 6.07) is 10.3. The molecule has 1 unspecified atom stereocenters. The zero-order valence-electron chi connectivity index (χ0n) is 8.56. The lowest BCUT2D eigenvalue weighted by Gasteiger charge is -2.04. The summed E-state index contributed by atoms with van der Waals surface area (Å²) in [6.45, 7) is 0. The molecule has 1 atom stereocenters. The fraction of sp³-hybridized carbons (Fsp3) is 0.308. The first-order chi connectivity index (χ1) is 7.36. The van der Waals surface area contributed by atoms with Gasteiger partial charge in [-0.2, -0.15) is 0 Å². The second-order valence-corrected chi connectivity index (χ2v) is 3.75. The van der Waals surface area contributed by atoms with Crippen LogP contribution in [-0.2, 0) is 16.0 Å². The monoisotopic (exact) mass is 202 g/mol. The van der Waals surface area contributed by atoms with Gasteiger partial charge in [-0.05, 0) is 30.9 Å². The average molecular weight is 202 g/mol. The van der Waals surface area contributed by atoms with Gasteiger partial charge in [0.05, 0.1) is 12.2 Å². The van der Waals surface area contributed by atoms with E-state index >= 15 is 0 Å². The second kappa shape index (κ2) is 4.78. The van der Waals surface area contributed by atoms with Crippen molar-refractivity contribution in [2.24, 2.45) is 5.92 Å². The van der Waals surface area contributed by atoms with Gasteiger partial charge in [0, 0.05) is 0 Å². The van der Waals surface area contributed by atoms with Gasteiger partial charge in [0.1, 0.15) is 0 Å². The number of esters is 1. The van der Waals surface area contributed by atoms with E-state index in [0.29, 0.717) is 0 Å². The Morgan fingerprint density at radius 2 is 2.00 bits per heavy atom. The van der Waals surface area contributed by atoms with Crippen molar-refractivity contribution in [1.82, 2.24) is 0 Å². The molecule has 2 nitrogen and oxygen atoms in total. The van der Waals surface area contributed by atoms with E-state index in [1.807, 2.05) is 24.3 Å². The fourth-order valence-corrected chi connectivity index (χ4v) is 1.75. The highest BCUT2D eigenvalue weighted by Crippen LogP contribution is 2.17. The molecule has 78 valence electrons. The minimum absolute atomic E-state index is 0.0197. The molecule has 0 saturated heterocycles. The Morgan fingerprint density at radius 3 is 2.67 bits per heavy atom. The van der Waals surface area contributed by atoms with Crippen LogP contribution >= 0.6 is 0 Å². The molecular formula is C13H14O2. The summed E-state index contributed by atoms with van der Waals surface area (Å²) in [7, 11) is 0. The zero-order chi connectivity index (χ0) is 10.5. The zero-order valence-corrected chi connectivity index (χ0v) is 8.56. The molecule has 0 radical (unpaired) electrons. The molecule has 2 rings (SSSR count). The SMILES string of the molecule is O=C1OC=CC1CCCc1ccccc1. The van der Waals surface area contributed by atoms with Gasteiger partial charge in [0.25, 0.3) is 0 Å². The van der Waals surface area contributed by atoms with Crippen LogP contribution in [0.4, 0.5) is 0 Å². The highest BCUT2D eigenvalue weighted by molar-refractivity contribution is 5.77. The van der Waals surface area contributed by atoms with Gasteiger partial charge in [0.2, 0.25) is 0 Å². The van der Waals surface area contributed by atoms with Gasteiger partial charge in [0.15, 0.2) is 0 Å². The molecule has 0 spiro atoms. The van der Waals surface area contributed by atoms with E-state index in [0.717, 1.165) is 19.3 Å². The lowest BCUT2D eigenvalue weighted by Crippen LogP contribution is -2.08. The minimum atomic E-state index is -0.108. The van der Waals surface area contributed by atoms with Crippen LogP contribution in [0.3, 0.4) is 0 Å². The summed E-state index contributed by atoms with van der Waals surface area (Å²) >= 11 is 0. The number of carbonyl (C=O) groups is 1. The number of cyclic esters (lactones) is 1. The highest BCUT2D eigenvalue weighted by atomic mass is 16.5. The Kier molecular flexibility index (Phi) is 3.18. The van der Waals surface area contributed by atoms with E-state index < -0.39 is 0 Å². The van der Waals surface area contributed by atoms with Crippen LogP contribution in [0.15, 0.2) is 42.7 Å². The Balaban J connectivity index is 1.76. The number of hydrogen-bond donors (Lipinski definition) is 0. The van der Waals surface area contributed by atoms with Crippen LogP contribution in [0.5, 0.6) is 0 Å². The molecule has 0 N–H and O–H groups in total. The van der Waals surface area contributed by atoms with E-state index in [-0.39, 0.29) is 11.9 Å². The topological polar surface area (TPSA) is 26.3 Å². The highest BCUT2D eigenvalue weighted by Gasteiger charge is 2.20. The maximum Gasteiger partial charge on any atom is 0.317 e. The third-order valence-electron chi connectivity index (χ3n) is 2.62. The molecule has 1 aliphatic heterocycles. The maximum atomic E-state index is 11.1. The van der Waals surface area contributed by atoms with Crippen LogP contribution < -0.4 is 0 Å². The summed E-state index contributed by atoms with van der Waals surface area (Å²) in [5, 5.41) is 0. The van der Waals surface area contributed by atoms with Crippen LogP contribution in [-0.4, -0.2) is 5.97 Å². The Bertz CT molecular complexity index is 354. The van der Waals surface area contributed by atoms with E-state index in [9.17, 15) is 4.79 Å². The Morgan fingerprint density at radius 1 is 1.20 bits per heavy atom. The Labute approximate surface area is 89.6 Å². The molecule has 0 saturated carbocycles. The molecule has 1 heterocycles. The molecule has 0 aliphatic carbocycles. The molecule has 0 bridgehead atoms. The van der Waals surface area contributed by atoms with E-state index in [4.69, 9.17) is 4.74 Å². The standard InChI is InChI=1S/C13H14O2/c14-13-12(9-10-15-13)8-4-7-11-5-2-1-3-6-11/h1-3,5-6,9-10,12H,4,7-8H2. The average Bonchev–Trinajstić information content (AvgIpc) is 2.66. The predicted molar refractivity (Wildman–Crippen MR) is 58.1 cm³/mol. The van der Waals surface area contributed by atoms with Crippen LogP contribution in [0, 0.1) is 5.92 Å². The predicted octanol–water partition coefficient (Wildman–Crippen LogP) is 2.70. The van der Waals surface area contributed by atoms with Crippen molar-refractivity contribution in [3.63, 3.8) is 0 Å². The number of ether oxygens (including phenoxy) is 1. The third-order valence-corrected chi connectivity index (χ3v) is 2.62. The number of rotatable bonds is 4. The van der Waals surface area contributed by atoms with Crippen molar-refractivity contribution in [2.45, 2.75) is 19.3 Å². The smallest absolute Gasteiger partial charge is 0.317 e. The molecule has 1 aliphatic rings. The van der Waals surface area contributed by atoms with Crippen molar-refractivity contribution in [3.8, 4) is 0 Å². The molecule has 1 aromatic rings. The summed E-state index contributed by atoms with van der Waals surface area (Å²) in [5.74, 6) is -0.128. The third kappa shape index (κ3) is 2.69. The van der Waals surface area contributed by atoms with Gasteiger partial charge in [-0.3, -0.25) is 4.79 Å². The van der Waals surface area contributed by atoms with Crippen molar-refractivity contribution >= 4 is 5.97 Å². The van der Waals surface area contributed by atoms with Gasteiger partial charge in [-0.25, -0.2) is 0 Å². The largest absolute Gasteiger partial charge is 0.434 e. The second-order valence-electron chi connectivity index (χ2n) is 3.75. The molecule has 0 amide bonds. The lowest BCUT2D eigenvalue weighted by molar-refractivity contribution is -0.139. The van der Waals surface area contributed by atoms with Gasteiger partial charge in [-0.15, -0.1) is 0 Å². The summed E-state index contributed by atoms with van der Waals surface area (Å²) < 4.78 is 4.75. The molecule has 0 aromatic heterocycles. The molecule has 1 aromatic carbocycles. The first-order valence-corrected chi connectivity index (χ1v) is 5.27. The first kappa shape index (κ1) is 9.97.